The van der Waals surface area contributed by atoms with Crippen LogP contribution in [0.15, 0.2) is 36.7 Å². The molecular weight excluding hydrogens is 210 g/mol. The molecule has 88 valence electrons. The first-order chi connectivity index (χ1) is 8.31. The Morgan fingerprint density at radius 2 is 1.65 bits per heavy atom. The Morgan fingerprint density at radius 3 is 2.29 bits per heavy atom. The first-order valence-electron chi connectivity index (χ1n) is 5.89. The molecule has 0 amide bonds. The van der Waals surface area contributed by atoms with Gasteiger partial charge in [-0.15, -0.1) is 0 Å². The molecule has 0 aliphatic heterocycles. The number of rotatable bonds is 4. The van der Waals surface area contributed by atoms with E-state index in [1.54, 1.807) is 0 Å². The van der Waals surface area contributed by atoms with Crippen molar-refractivity contribution in [3.05, 3.63) is 59.2 Å². The molecule has 0 fully saturated rings. The number of aryl methyl sites for hydroxylation is 1. The van der Waals surface area contributed by atoms with Crippen molar-refractivity contribution < 1.29 is 0 Å². The predicted octanol–water partition coefficient (Wildman–Crippen LogP) is 2.09. The second kappa shape index (κ2) is 5.55. The number of nitrogens with zero attached hydrogens (tertiary/aromatic N) is 2. The molecule has 3 nitrogen and oxygen atoms in total. The zero-order valence-electron chi connectivity index (χ0n) is 10.1. The molecule has 0 radical (unpaired) electrons. The quantitative estimate of drug-likeness (QED) is 0.870. The highest BCUT2D eigenvalue weighted by molar-refractivity contribution is 5.25. The zero-order valence-corrected chi connectivity index (χ0v) is 10.1. The molecule has 0 unspecified atom stereocenters. The van der Waals surface area contributed by atoms with Crippen molar-refractivity contribution in [1.82, 2.24) is 9.97 Å². The Balaban J connectivity index is 2.13. The maximum atomic E-state index is 5.57. The van der Waals surface area contributed by atoms with Crippen molar-refractivity contribution in [2.75, 3.05) is 0 Å². The van der Waals surface area contributed by atoms with Gasteiger partial charge in [0.1, 0.15) is 0 Å². The summed E-state index contributed by atoms with van der Waals surface area (Å²) in [7, 11) is 0. The molecule has 0 aliphatic rings. The van der Waals surface area contributed by atoms with E-state index in [-0.39, 0.29) is 0 Å². The first kappa shape index (κ1) is 11.7. The molecule has 1 aromatic carbocycles. The topological polar surface area (TPSA) is 51.8 Å². The van der Waals surface area contributed by atoms with Crippen molar-refractivity contribution in [2.45, 2.75) is 26.3 Å². The Morgan fingerprint density at radius 1 is 1.00 bits per heavy atom. The fourth-order valence-corrected chi connectivity index (χ4v) is 1.71. The lowest BCUT2D eigenvalue weighted by Gasteiger charge is -2.04. The molecular formula is C14H17N3. The minimum Gasteiger partial charge on any atom is -0.326 e. The standard InChI is InChI=1S/C14H17N3/c1-2-13-9-16-10-14(17-13)7-11-3-5-12(8-15)6-4-11/h3-6,9-10H,2,7-8,15H2,1H3. The summed E-state index contributed by atoms with van der Waals surface area (Å²) in [6.07, 6.45) is 5.40. The van der Waals surface area contributed by atoms with Crippen LogP contribution in [-0.4, -0.2) is 9.97 Å². The molecule has 0 bridgehead atoms. The normalized spacial score (nSPS) is 10.5. The summed E-state index contributed by atoms with van der Waals surface area (Å²) in [4.78, 5) is 8.74. The largest absolute Gasteiger partial charge is 0.326 e. The van der Waals surface area contributed by atoms with Gasteiger partial charge in [0.15, 0.2) is 0 Å². The summed E-state index contributed by atoms with van der Waals surface area (Å²) >= 11 is 0. The van der Waals surface area contributed by atoms with Gasteiger partial charge < -0.3 is 5.73 Å². The van der Waals surface area contributed by atoms with Crippen LogP contribution in [0.3, 0.4) is 0 Å². The highest BCUT2D eigenvalue weighted by Crippen LogP contribution is 2.09. The lowest BCUT2D eigenvalue weighted by Crippen LogP contribution is -1.99. The minimum atomic E-state index is 0.589. The fourth-order valence-electron chi connectivity index (χ4n) is 1.71. The van der Waals surface area contributed by atoms with Gasteiger partial charge in [-0.3, -0.25) is 9.97 Å². The third-order valence-electron chi connectivity index (χ3n) is 2.74. The highest BCUT2D eigenvalue weighted by Gasteiger charge is 2.00. The van der Waals surface area contributed by atoms with E-state index in [0.717, 1.165) is 29.8 Å². The van der Waals surface area contributed by atoms with Crippen molar-refractivity contribution in [3.63, 3.8) is 0 Å². The molecule has 1 aromatic heterocycles. The van der Waals surface area contributed by atoms with Crippen LogP contribution in [0.2, 0.25) is 0 Å². The lowest BCUT2D eigenvalue weighted by atomic mass is 10.1. The van der Waals surface area contributed by atoms with Gasteiger partial charge in [0.2, 0.25) is 0 Å². The number of benzene rings is 1. The van der Waals surface area contributed by atoms with E-state index in [1.807, 2.05) is 12.4 Å². The minimum absolute atomic E-state index is 0.589. The fraction of sp³-hybridized carbons (Fsp3) is 0.286. The third kappa shape index (κ3) is 3.11. The molecule has 17 heavy (non-hydrogen) atoms. The van der Waals surface area contributed by atoms with Crippen LogP contribution in [-0.2, 0) is 19.4 Å². The smallest absolute Gasteiger partial charge is 0.0633 e. The van der Waals surface area contributed by atoms with Crippen molar-refractivity contribution in [3.8, 4) is 0 Å². The van der Waals surface area contributed by atoms with E-state index < -0.39 is 0 Å². The molecule has 2 rings (SSSR count). The van der Waals surface area contributed by atoms with Gasteiger partial charge in [0, 0.05) is 25.4 Å². The van der Waals surface area contributed by atoms with Crippen molar-refractivity contribution in [1.29, 1.82) is 0 Å². The van der Waals surface area contributed by atoms with Crippen LogP contribution < -0.4 is 5.73 Å². The Kier molecular flexibility index (Phi) is 3.83. The van der Waals surface area contributed by atoms with E-state index in [2.05, 4.69) is 41.2 Å². The van der Waals surface area contributed by atoms with Crippen LogP contribution in [0.25, 0.3) is 0 Å². The Bertz CT molecular complexity index is 477. The molecule has 2 N–H and O–H groups in total. The molecule has 0 aliphatic carbocycles. The second-order valence-electron chi connectivity index (χ2n) is 4.05. The van der Waals surface area contributed by atoms with Gasteiger partial charge >= 0.3 is 0 Å². The van der Waals surface area contributed by atoms with Gasteiger partial charge in [-0.2, -0.15) is 0 Å². The van der Waals surface area contributed by atoms with Gasteiger partial charge in [0.25, 0.3) is 0 Å². The van der Waals surface area contributed by atoms with Crippen molar-refractivity contribution >= 4 is 0 Å². The average Bonchev–Trinajstić information content (AvgIpc) is 2.40. The third-order valence-corrected chi connectivity index (χ3v) is 2.74. The number of hydrogen-bond donors (Lipinski definition) is 1. The number of aromatic nitrogens is 2. The number of nitrogens with two attached hydrogens (primary N) is 1. The predicted molar refractivity (Wildman–Crippen MR) is 68.5 cm³/mol. The SMILES string of the molecule is CCc1cncc(Cc2ccc(CN)cc2)n1. The van der Waals surface area contributed by atoms with Gasteiger partial charge in [0.05, 0.1) is 11.4 Å². The summed E-state index contributed by atoms with van der Waals surface area (Å²) in [5, 5.41) is 0. The summed E-state index contributed by atoms with van der Waals surface area (Å²) < 4.78 is 0. The van der Waals surface area contributed by atoms with Gasteiger partial charge in [-0.25, -0.2) is 0 Å². The molecule has 0 atom stereocenters. The molecule has 0 saturated heterocycles. The van der Waals surface area contributed by atoms with E-state index in [9.17, 15) is 0 Å². The molecule has 0 spiro atoms. The molecule has 3 heteroatoms. The van der Waals surface area contributed by atoms with Crippen LogP contribution in [0.5, 0.6) is 0 Å². The number of hydrogen-bond acceptors (Lipinski definition) is 3. The second-order valence-corrected chi connectivity index (χ2v) is 4.05. The van der Waals surface area contributed by atoms with Crippen LogP contribution in [0.1, 0.15) is 29.4 Å². The molecule has 0 saturated carbocycles. The summed E-state index contributed by atoms with van der Waals surface area (Å²) in [5.41, 5.74) is 10.0. The van der Waals surface area contributed by atoms with Gasteiger partial charge in [-0.1, -0.05) is 31.2 Å². The summed E-state index contributed by atoms with van der Waals surface area (Å²) in [6.45, 7) is 2.68. The molecule has 2 aromatic rings. The first-order valence-corrected chi connectivity index (χ1v) is 5.89. The average molecular weight is 227 g/mol. The monoisotopic (exact) mass is 227 g/mol. The van der Waals surface area contributed by atoms with E-state index in [0.29, 0.717) is 6.54 Å². The zero-order chi connectivity index (χ0) is 12.1. The van der Waals surface area contributed by atoms with E-state index in [1.165, 1.54) is 5.56 Å². The lowest BCUT2D eigenvalue weighted by molar-refractivity contribution is 0.935. The summed E-state index contributed by atoms with van der Waals surface area (Å²) in [6, 6.07) is 8.32. The molecule has 1 heterocycles. The Hall–Kier alpha value is -1.74. The van der Waals surface area contributed by atoms with Crippen LogP contribution in [0.4, 0.5) is 0 Å². The van der Waals surface area contributed by atoms with Crippen LogP contribution >= 0.6 is 0 Å². The van der Waals surface area contributed by atoms with E-state index >= 15 is 0 Å². The highest BCUT2D eigenvalue weighted by atomic mass is 14.8. The van der Waals surface area contributed by atoms with Crippen molar-refractivity contribution in [2.24, 2.45) is 5.73 Å². The summed E-state index contributed by atoms with van der Waals surface area (Å²) in [5.74, 6) is 0. The Labute approximate surface area is 102 Å². The maximum absolute atomic E-state index is 5.57. The van der Waals surface area contributed by atoms with Gasteiger partial charge in [-0.05, 0) is 17.5 Å². The van der Waals surface area contributed by atoms with E-state index in [4.69, 9.17) is 5.73 Å². The van der Waals surface area contributed by atoms with Crippen LogP contribution in [0, 0.1) is 0 Å². The maximum Gasteiger partial charge on any atom is 0.0633 e.